The van der Waals surface area contributed by atoms with Crippen LogP contribution in [0.5, 0.6) is 0 Å². The Bertz CT molecular complexity index is 1170. The lowest BCUT2D eigenvalue weighted by molar-refractivity contribution is -0.870. The first-order valence-electron chi connectivity index (χ1n) is 26.5. The summed E-state index contributed by atoms with van der Waals surface area (Å²) in [6, 6.07) is -0.914. The molecule has 0 saturated carbocycles. The number of likely N-dealkylation sites (N-methyl/N-ethyl adjacent to an activating group) is 1. The van der Waals surface area contributed by atoms with Crippen molar-refractivity contribution in [2.45, 2.75) is 251 Å². The third-order valence-electron chi connectivity index (χ3n) is 11.7. The van der Waals surface area contributed by atoms with Crippen LogP contribution in [-0.2, 0) is 18.4 Å². The van der Waals surface area contributed by atoms with E-state index in [1.165, 1.54) is 154 Å². The van der Waals surface area contributed by atoms with E-state index in [0.29, 0.717) is 17.4 Å². The van der Waals surface area contributed by atoms with E-state index in [-0.39, 0.29) is 12.5 Å². The molecule has 63 heavy (non-hydrogen) atoms. The number of unbranched alkanes of at least 4 members (excludes halogenated alkanes) is 29. The molecule has 8 nitrogen and oxygen atoms in total. The Morgan fingerprint density at radius 1 is 0.540 bits per heavy atom. The molecule has 1 amide bonds. The average molecular weight is 907 g/mol. The molecule has 0 rings (SSSR count). The maximum absolute atomic E-state index is 12.8. The van der Waals surface area contributed by atoms with Crippen molar-refractivity contribution in [1.29, 1.82) is 0 Å². The van der Waals surface area contributed by atoms with Gasteiger partial charge in [0.05, 0.1) is 39.9 Å². The van der Waals surface area contributed by atoms with Gasteiger partial charge in [0.1, 0.15) is 13.2 Å². The largest absolute Gasteiger partial charge is 0.756 e. The molecule has 3 unspecified atom stereocenters. The van der Waals surface area contributed by atoms with Crippen LogP contribution in [-0.4, -0.2) is 68.5 Å². The molecule has 0 radical (unpaired) electrons. The molecule has 0 bridgehead atoms. The van der Waals surface area contributed by atoms with E-state index in [0.717, 1.165) is 64.2 Å². The number of nitrogens with zero attached hydrogens (tertiary/aromatic N) is 1. The Balaban J connectivity index is 4.23. The molecular weight excluding hydrogens is 804 g/mol. The number of quaternary nitrogens is 1. The van der Waals surface area contributed by atoms with E-state index in [2.05, 4.69) is 55.6 Å². The van der Waals surface area contributed by atoms with Crippen molar-refractivity contribution in [2.24, 2.45) is 0 Å². The molecule has 370 valence electrons. The van der Waals surface area contributed by atoms with Crippen molar-refractivity contribution in [2.75, 3.05) is 40.9 Å². The van der Waals surface area contributed by atoms with Gasteiger partial charge < -0.3 is 28.8 Å². The number of allylic oxidation sites excluding steroid dienone is 7. The van der Waals surface area contributed by atoms with Gasteiger partial charge in [-0.05, 0) is 70.6 Å². The van der Waals surface area contributed by atoms with Crippen LogP contribution < -0.4 is 10.2 Å². The molecule has 0 aromatic heterocycles. The van der Waals surface area contributed by atoms with Gasteiger partial charge in [-0.2, -0.15) is 0 Å². The molecular formula is C54H103N2O6P. The monoisotopic (exact) mass is 907 g/mol. The molecule has 0 fully saturated rings. The third-order valence-corrected chi connectivity index (χ3v) is 12.7. The fraction of sp³-hybridized carbons (Fsp3) is 0.833. The Labute approximate surface area is 390 Å². The Kier molecular flexibility index (Phi) is 44.5. The maximum Gasteiger partial charge on any atom is 0.268 e. The summed E-state index contributed by atoms with van der Waals surface area (Å²) >= 11 is 0. The normalized spacial score (nSPS) is 14.5. The van der Waals surface area contributed by atoms with E-state index >= 15 is 0 Å². The summed E-state index contributed by atoms with van der Waals surface area (Å²) in [7, 11) is 1.23. The van der Waals surface area contributed by atoms with Crippen LogP contribution >= 0.6 is 7.82 Å². The van der Waals surface area contributed by atoms with Crippen molar-refractivity contribution in [1.82, 2.24) is 5.32 Å². The van der Waals surface area contributed by atoms with Gasteiger partial charge in [0, 0.05) is 6.42 Å². The molecule has 0 aliphatic heterocycles. The topological polar surface area (TPSA) is 108 Å². The second kappa shape index (κ2) is 45.6. The van der Waals surface area contributed by atoms with Crippen LogP contribution in [0, 0.1) is 0 Å². The summed E-state index contributed by atoms with van der Waals surface area (Å²) < 4.78 is 23.2. The number of aliphatic hydroxyl groups is 1. The fourth-order valence-electron chi connectivity index (χ4n) is 7.53. The second-order valence-corrected chi connectivity index (χ2v) is 20.6. The number of carbonyl (C=O) groups is 1. The molecule has 0 spiro atoms. The molecule has 0 aromatic carbocycles. The maximum atomic E-state index is 12.8. The fourth-order valence-corrected chi connectivity index (χ4v) is 8.26. The molecule has 0 aromatic rings. The lowest BCUT2D eigenvalue weighted by atomic mass is 10.0. The number of rotatable bonds is 48. The molecule has 0 aliphatic carbocycles. The van der Waals surface area contributed by atoms with E-state index in [4.69, 9.17) is 9.05 Å². The smallest absolute Gasteiger partial charge is 0.268 e. The predicted octanol–water partition coefficient (Wildman–Crippen LogP) is 15.0. The molecule has 0 aliphatic rings. The Hall–Kier alpha value is -1.54. The first-order chi connectivity index (χ1) is 30.5. The number of carbonyl (C=O) groups excluding carboxylic acids is 1. The van der Waals surface area contributed by atoms with Crippen LogP contribution in [0.15, 0.2) is 48.6 Å². The number of amides is 1. The standard InChI is InChI=1S/C54H103N2O6P/c1-6-8-10-12-14-16-18-20-21-22-23-24-25-26-27-28-29-30-31-32-33-34-35-36-37-39-41-43-45-47-53(57)52(51-62-63(59,60)61-50-49-56(3,4)5)55-54(58)48-46-44-42-40-38-19-17-15-13-11-9-7-2/h15,17,33-34,37,39,45,47,52-53,57H,6-14,16,18-32,35-36,38,40-44,46,48-51H2,1-5H3,(H-,55,58,59,60)/b17-15-,34-33+,39-37+,47-45+. The minimum absolute atomic E-state index is 0.0114. The highest BCUT2D eigenvalue weighted by molar-refractivity contribution is 7.45. The van der Waals surface area contributed by atoms with Crippen LogP contribution in [0.2, 0.25) is 0 Å². The van der Waals surface area contributed by atoms with Gasteiger partial charge in [-0.15, -0.1) is 0 Å². The van der Waals surface area contributed by atoms with Gasteiger partial charge >= 0.3 is 0 Å². The number of hydrogen-bond acceptors (Lipinski definition) is 6. The summed E-state index contributed by atoms with van der Waals surface area (Å²) in [5, 5.41) is 13.8. The molecule has 0 saturated heterocycles. The van der Waals surface area contributed by atoms with Crippen LogP contribution in [0.25, 0.3) is 0 Å². The van der Waals surface area contributed by atoms with Crippen LogP contribution in [0.3, 0.4) is 0 Å². The lowest BCUT2D eigenvalue weighted by Gasteiger charge is -2.29. The van der Waals surface area contributed by atoms with Crippen LogP contribution in [0.1, 0.15) is 239 Å². The van der Waals surface area contributed by atoms with Gasteiger partial charge in [-0.3, -0.25) is 9.36 Å². The van der Waals surface area contributed by atoms with Gasteiger partial charge in [0.25, 0.3) is 7.82 Å². The lowest BCUT2D eigenvalue weighted by Crippen LogP contribution is -2.45. The van der Waals surface area contributed by atoms with Crippen molar-refractivity contribution in [3.05, 3.63) is 48.6 Å². The van der Waals surface area contributed by atoms with Crippen molar-refractivity contribution in [3.8, 4) is 0 Å². The summed E-state index contributed by atoms with van der Waals surface area (Å²) in [5.41, 5.74) is 0. The van der Waals surface area contributed by atoms with Crippen molar-refractivity contribution >= 4 is 13.7 Å². The van der Waals surface area contributed by atoms with Gasteiger partial charge in [-0.25, -0.2) is 0 Å². The SMILES string of the molecule is CCCCC/C=C\CCCCCCCC(=O)NC(COP(=O)([O-])OCC[N+](C)(C)C)C(O)/C=C/CC/C=C/CC/C=C/CCCCCCCCCCCCCCCCCCCCC. The summed E-state index contributed by atoms with van der Waals surface area (Å²) in [6.45, 7) is 4.59. The minimum atomic E-state index is -4.60. The zero-order valence-electron chi connectivity index (χ0n) is 42.0. The minimum Gasteiger partial charge on any atom is -0.756 e. The van der Waals surface area contributed by atoms with Gasteiger partial charge in [0.15, 0.2) is 0 Å². The third kappa shape index (κ3) is 48.2. The predicted molar refractivity (Wildman–Crippen MR) is 270 cm³/mol. The highest BCUT2D eigenvalue weighted by atomic mass is 31.2. The highest BCUT2D eigenvalue weighted by Gasteiger charge is 2.23. The first kappa shape index (κ1) is 61.5. The summed E-state index contributed by atoms with van der Waals surface area (Å²) in [5.74, 6) is -0.222. The highest BCUT2D eigenvalue weighted by Crippen LogP contribution is 2.38. The number of phosphoric ester groups is 1. The average Bonchev–Trinajstić information content (AvgIpc) is 3.24. The Morgan fingerprint density at radius 2 is 0.889 bits per heavy atom. The molecule has 0 heterocycles. The van der Waals surface area contributed by atoms with E-state index in [1.54, 1.807) is 6.08 Å². The quantitative estimate of drug-likeness (QED) is 0.0272. The zero-order chi connectivity index (χ0) is 46.4. The molecule has 3 atom stereocenters. The first-order valence-corrected chi connectivity index (χ1v) is 28.0. The van der Waals surface area contributed by atoms with E-state index in [9.17, 15) is 19.4 Å². The van der Waals surface area contributed by atoms with Gasteiger partial charge in [-0.1, -0.05) is 210 Å². The van der Waals surface area contributed by atoms with Crippen LogP contribution in [0.4, 0.5) is 0 Å². The number of phosphoric acid groups is 1. The van der Waals surface area contributed by atoms with Crippen molar-refractivity contribution in [3.63, 3.8) is 0 Å². The number of hydrogen-bond donors (Lipinski definition) is 2. The molecule has 2 N–H and O–H groups in total. The zero-order valence-corrected chi connectivity index (χ0v) is 42.9. The van der Waals surface area contributed by atoms with E-state index in [1.807, 2.05) is 27.2 Å². The summed E-state index contributed by atoms with van der Waals surface area (Å²) in [6.07, 6.45) is 59.1. The second-order valence-electron chi connectivity index (χ2n) is 19.2. The van der Waals surface area contributed by atoms with E-state index < -0.39 is 26.6 Å². The number of nitrogens with one attached hydrogen (secondary N) is 1. The summed E-state index contributed by atoms with van der Waals surface area (Å²) in [4.78, 5) is 25.3. The molecule has 9 heteroatoms. The van der Waals surface area contributed by atoms with Gasteiger partial charge in [0.2, 0.25) is 5.91 Å². The van der Waals surface area contributed by atoms with Crippen molar-refractivity contribution < 1.29 is 32.9 Å². The Morgan fingerprint density at radius 3 is 1.32 bits per heavy atom. The number of aliphatic hydroxyl groups excluding tert-OH is 1.